The number of ether oxygens (including phenoxy) is 1. The van der Waals surface area contributed by atoms with Gasteiger partial charge in [-0.1, -0.05) is 29.0 Å². The number of carbonyl (C=O) groups excluding carboxylic acids is 1. The molecule has 2 aromatic rings. The number of hydrogen-bond donors (Lipinski definition) is 1. The molecule has 3 heterocycles. The average Bonchev–Trinajstić information content (AvgIpc) is 3.22. The van der Waals surface area contributed by atoms with Gasteiger partial charge in [0.05, 0.1) is 12.7 Å². The quantitative estimate of drug-likeness (QED) is 0.503. The summed E-state index contributed by atoms with van der Waals surface area (Å²) in [4.78, 5) is 24.1. The van der Waals surface area contributed by atoms with Crippen LogP contribution in [0.2, 0.25) is 0 Å². The van der Waals surface area contributed by atoms with Crippen LogP contribution in [0.15, 0.2) is 35.3 Å². The molecule has 28 heavy (non-hydrogen) atoms. The Morgan fingerprint density at radius 2 is 2.11 bits per heavy atom. The van der Waals surface area contributed by atoms with E-state index in [0.29, 0.717) is 17.5 Å². The molecule has 0 spiro atoms. The first-order valence-corrected chi connectivity index (χ1v) is 11.6. The van der Waals surface area contributed by atoms with Crippen molar-refractivity contribution >= 4 is 28.5 Å². The van der Waals surface area contributed by atoms with E-state index in [-0.39, 0.29) is 0 Å². The summed E-state index contributed by atoms with van der Waals surface area (Å²) in [5.74, 6) is 1.05. The van der Waals surface area contributed by atoms with E-state index in [4.69, 9.17) is 14.9 Å². The molecule has 2 fully saturated rings. The third-order valence-electron chi connectivity index (χ3n) is 5.94. The summed E-state index contributed by atoms with van der Waals surface area (Å²) in [7, 11) is 1.78. The van der Waals surface area contributed by atoms with Crippen LogP contribution in [-0.2, 0) is 16.9 Å². The summed E-state index contributed by atoms with van der Waals surface area (Å²) < 4.78 is 11.6. The molecule has 0 radical (unpaired) electrons. The molecular formula is C20H27IN4O3. The predicted molar refractivity (Wildman–Crippen MR) is 114 cm³/mol. The molecule has 2 unspecified atom stereocenters. The zero-order valence-corrected chi connectivity index (χ0v) is 18.5. The molecule has 1 aliphatic carbocycles. The largest absolute Gasteiger partial charge is 0.447 e. The van der Waals surface area contributed by atoms with Crippen LogP contribution in [0.1, 0.15) is 41.1 Å². The van der Waals surface area contributed by atoms with Crippen LogP contribution in [0.3, 0.4) is 0 Å². The van der Waals surface area contributed by atoms with Crippen LogP contribution in [0.25, 0.3) is 0 Å². The molecule has 1 saturated heterocycles. The highest BCUT2D eigenvalue weighted by atomic mass is 127. The van der Waals surface area contributed by atoms with Gasteiger partial charge in [0.1, 0.15) is 17.1 Å². The number of fused-ring (bicyclic) bond motifs is 2. The number of hydrogen-bond acceptors (Lipinski definition) is 6. The van der Waals surface area contributed by atoms with Crippen molar-refractivity contribution in [3.05, 3.63) is 47.9 Å². The van der Waals surface area contributed by atoms with E-state index in [1.165, 1.54) is 12.8 Å². The fourth-order valence-corrected chi connectivity index (χ4v) is 4.93. The number of methoxy groups -OCH3 is 1. The third kappa shape index (κ3) is 3.95. The molecule has 1 saturated carbocycles. The van der Waals surface area contributed by atoms with Crippen molar-refractivity contribution in [2.45, 2.75) is 31.4 Å². The molecule has 2 bridgehead atoms. The molecule has 1 aliphatic heterocycles. The molecule has 1 amide bonds. The summed E-state index contributed by atoms with van der Waals surface area (Å²) in [6, 6.07) is 3.77. The molecular weight excluding hydrogens is 471 g/mol. The fourth-order valence-electron chi connectivity index (χ4n) is 4.93. The molecule has 2 atom stereocenters. The summed E-state index contributed by atoms with van der Waals surface area (Å²) in [6.45, 7) is 2.59. The van der Waals surface area contributed by atoms with Gasteiger partial charge in [-0.3, -0.25) is 14.7 Å². The van der Waals surface area contributed by atoms with Crippen molar-refractivity contribution in [3.8, 4) is 0 Å². The number of primary amides is 1. The second kappa shape index (κ2) is 9.32. The number of pyridine rings is 1. The van der Waals surface area contributed by atoms with Gasteiger partial charge in [-0.05, 0) is 35.5 Å². The van der Waals surface area contributed by atoms with Gasteiger partial charge in [0, 0.05) is 38.2 Å². The number of rotatable bonds is 5. The number of halogens is 1. The lowest BCUT2D eigenvalue weighted by Gasteiger charge is -2.55. The van der Waals surface area contributed by atoms with E-state index in [2.05, 4.69) is 37.5 Å². The minimum absolute atomic E-state index is 0.293. The highest BCUT2D eigenvalue weighted by Gasteiger charge is 2.53. The van der Waals surface area contributed by atoms with E-state index in [9.17, 15) is 4.79 Å². The van der Waals surface area contributed by atoms with Crippen LogP contribution < -0.4 is 5.73 Å². The van der Waals surface area contributed by atoms with Crippen LogP contribution >= 0.6 is 22.6 Å². The van der Waals surface area contributed by atoms with Gasteiger partial charge in [0.25, 0.3) is 5.91 Å². The predicted octanol–water partition coefficient (Wildman–Crippen LogP) is 2.99. The first kappa shape index (κ1) is 21.2. The first-order chi connectivity index (χ1) is 13.6. The minimum Gasteiger partial charge on any atom is -0.447 e. The Morgan fingerprint density at radius 1 is 1.39 bits per heavy atom. The number of oxazole rings is 1. The SMILES string of the molecule is CI.COC1(c2ccnc(C(N)=O)c2)C2CCCC1CN(Cc1cnco1)C2. The van der Waals surface area contributed by atoms with Crippen LogP contribution in [-0.4, -0.2) is 45.9 Å². The summed E-state index contributed by atoms with van der Waals surface area (Å²) in [5.41, 5.74) is 6.35. The van der Waals surface area contributed by atoms with Gasteiger partial charge >= 0.3 is 0 Å². The molecule has 152 valence electrons. The van der Waals surface area contributed by atoms with E-state index in [0.717, 1.165) is 43.8 Å². The molecule has 7 nitrogen and oxygen atoms in total. The van der Waals surface area contributed by atoms with Crippen molar-refractivity contribution < 1.29 is 13.9 Å². The van der Waals surface area contributed by atoms with Crippen LogP contribution in [0.5, 0.6) is 0 Å². The smallest absolute Gasteiger partial charge is 0.267 e. The molecule has 2 aliphatic rings. The third-order valence-corrected chi connectivity index (χ3v) is 5.94. The number of likely N-dealkylation sites (tertiary alicyclic amines) is 1. The van der Waals surface area contributed by atoms with Crippen molar-refractivity contribution in [3.63, 3.8) is 0 Å². The van der Waals surface area contributed by atoms with Crippen molar-refractivity contribution in [1.29, 1.82) is 0 Å². The number of carbonyl (C=O) groups is 1. The van der Waals surface area contributed by atoms with Gasteiger partial charge in [-0.2, -0.15) is 0 Å². The van der Waals surface area contributed by atoms with Crippen molar-refractivity contribution in [1.82, 2.24) is 14.9 Å². The van der Waals surface area contributed by atoms with Crippen LogP contribution in [0.4, 0.5) is 0 Å². The Labute approximate surface area is 179 Å². The summed E-state index contributed by atoms with van der Waals surface area (Å²) in [6.07, 6.45) is 8.28. The lowest BCUT2D eigenvalue weighted by molar-refractivity contribution is -0.170. The Morgan fingerprint density at radius 3 is 2.68 bits per heavy atom. The van der Waals surface area contributed by atoms with E-state index in [1.54, 1.807) is 19.5 Å². The summed E-state index contributed by atoms with van der Waals surface area (Å²) >= 11 is 2.15. The van der Waals surface area contributed by atoms with Gasteiger partial charge in [-0.25, -0.2) is 4.98 Å². The fraction of sp³-hybridized carbons (Fsp3) is 0.550. The highest BCUT2D eigenvalue weighted by molar-refractivity contribution is 14.1. The molecule has 8 heteroatoms. The van der Waals surface area contributed by atoms with E-state index < -0.39 is 11.5 Å². The number of nitrogens with zero attached hydrogens (tertiary/aromatic N) is 3. The summed E-state index contributed by atoms with van der Waals surface area (Å²) in [5, 5.41) is 0. The highest BCUT2D eigenvalue weighted by Crippen LogP contribution is 2.51. The Kier molecular flexibility index (Phi) is 7.05. The van der Waals surface area contributed by atoms with Crippen LogP contribution in [0, 0.1) is 11.8 Å². The normalized spacial score (nSPS) is 27.0. The molecule has 0 aromatic carbocycles. The number of nitrogens with two attached hydrogens (primary N) is 1. The van der Waals surface area contributed by atoms with Gasteiger partial charge in [0.15, 0.2) is 6.39 Å². The monoisotopic (exact) mass is 498 g/mol. The first-order valence-electron chi connectivity index (χ1n) is 9.42. The maximum Gasteiger partial charge on any atom is 0.267 e. The number of aromatic nitrogens is 2. The number of piperidine rings is 1. The van der Waals surface area contributed by atoms with Crippen molar-refractivity contribution in [2.75, 3.05) is 25.1 Å². The molecule has 2 N–H and O–H groups in total. The lowest BCUT2D eigenvalue weighted by atomic mass is 9.62. The Balaban J connectivity index is 0.00000109. The molecule has 2 aromatic heterocycles. The average molecular weight is 498 g/mol. The Hall–Kier alpha value is -1.52. The van der Waals surface area contributed by atoms with E-state index >= 15 is 0 Å². The number of alkyl halides is 1. The topological polar surface area (TPSA) is 94.5 Å². The second-order valence-electron chi connectivity index (χ2n) is 7.28. The van der Waals surface area contributed by atoms with Gasteiger partial charge in [-0.15, -0.1) is 0 Å². The maximum atomic E-state index is 11.6. The van der Waals surface area contributed by atoms with Gasteiger partial charge in [0.2, 0.25) is 0 Å². The zero-order chi connectivity index (χ0) is 20.1. The van der Waals surface area contributed by atoms with E-state index in [1.807, 2.05) is 17.1 Å². The maximum absolute atomic E-state index is 11.6. The number of amides is 1. The minimum atomic E-state index is -0.508. The van der Waals surface area contributed by atoms with Crippen molar-refractivity contribution in [2.24, 2.45) is 17.6 Å². The Bertz CT molecular complexity index is 770. The lowest BCUT2D eigenvalue weighted by Crippen LogP contribution is -2.58. The van der Waals surface area contributed by atoms with Gasteiger partial charge < -0.3 is 14.9 Å². The standard InChI is InChI=1S/C19H24N4O3.CH3I/c1-25-19(13-5-6-22-17(7-13)18(20)24)14-3-2-4-15(19)10-23(9-14)11-16-8-21-12-26-16;1-2/h5-8,12,14-15H,2-4,9-11H2,1H3,(H2,20,24);1H3. The zero-order valence-electron chi connectivity index (χ0n) is 16.3. The molecule has 4 rings (SSSR count). The second-order valence-corrected chi connectivity index (χ2v) is 7.28.